The summed E-state index contributed by atoms with van der Waals surface area (Å²) in [6.07, 6.45) is 3.41. The lowest BCUT2D eigenvalue weighted by atomic mass is 9.92. The molecule has 0 aliphatic carbocycles. The van der Waals surface area contributed by atoms with Gasteiger partial charge in [0.05, 0.1) is 12.6 Å². The number of rotatable bonds is 6. The fraction of sp³-hybridized carbons (Fsp3) is 0.440. The average Bonchev–Trinajstić information content (AvgIpc) is 2.76. The van der Waals surface area contributed by atoms with Crippen molar-refractivity contribution in [3.8, 4) is 0 Å². The first kappa shape index (κ1) is 20.6. The van der Waals surface area contributed by atoms with Gasteiger partial charge in [0, 0.05) is 19.5 Å². The molecule has 2 saturated heterocycles. The zero-order valence-corrected chi connectivity index (χ0v) is 17.5. The van der Waals surface area contributed by atoms with Crippen molar-refractivity contribution in [2.24, 2.45) is 5.92 Å². The van der Waals surface area contributed by atoms with Crippen LogP contribution in [0.1, 0.15) is 30.4 Å². The second kappa shape index (κ2) is 9.90. The van der Waals surface area contributed by atoms with Crippen LogP contribution in [0.2, 0.25) is 0 Å². The molecule has 1 atom stereocenters. The third-order valence-electron chi connectivity index (χ3n) is 6.24. The first-order valence-electron chi connectivity index (χ1n) is 11.0. The number of piperidine rings is 1. The van der Waals surface area contributed by atoms with Crippen LogP contribution in [0.25, 0.3) is 0 Å². The van der Waals surface area contributed by atoms with E-state index in [4.69, 9.17) is 0 Å². The summed E-state index contributed by atoms with van der Waals surface area (Å²) in [6.45, 7) is 3.84. The molecule has 0 spiro atoms. The normalized spacial score (nSPS) is 20.7. The van der Waals surface area contributed by atoms with Crippen LogP contribution >= 0.6 is 0 Å². The van der Waals surface area contributed by atoms with Gasteiger partial charge in [-0.15, -0.1) is 0 Å². The molecule has 5 heteroatoms. The van der Waals surface area contributed by atoms with Gasteiger partial charge < -0.3 is 10.2 Å². The predicted octanol–water partition coefficient (Wildman–Crippen LogP) is 2.86. The fourth-order valence-electron chi connectivity index (χ4n) is 4.59. The Morgan fingerprint density at radius 3 is 2.23 bits per heavy atom. The van der Waals surface area contributed by atoms with E-state index >= 15 is 0 Å². The number of likely N-dealkylation sites (tertiary alicyclic amines) is 1. The molecule has 5 nitrogen and oxygen atoms in total. The largest absolute Gasteiger partial charge is 0.350 e. The Balaban J connectivity index is 1.25. The smallest absolute Gasteiger partial charge is 0.239 e. The van der Waals surface area contributed by atoms with Crippen molar-refractivity contribution in [2.75, 3.05) is 26.2 Å². The van der Waals surface area contributed by atoms with Crippen LogP contribution in [-0.2, 0) is 22.6 Å². The fourth-order valence-corrected chi connectivity index (χ4v) is 4.59. The molecule has 0 aromatic heterocycles. The molecule has 0 bridgehead atoms. The van der Waals surface area contributed by atoms with E-state index in [1.165, 1.54) is 11.1 Å². The molecule has 2 aliphatic heterocycles. The molecular weight excluding hydrogens is 374 g/mol. The van der Waals surface area contributed by atoms with Crippen molar-refractivity contribution >= 4 is 11.8 Å². The van der Waals surface area contributed by atoms with Crippen molar-refractivity contribution in [3.63, 3.8) is 0 Å². The van der Waals surface area contributed by atoms with E-state index in [1.807, 2.05) is 24.3 Å². The maximum absolute atomic E-state index is 12.9. The van der Waals surface area contributed by atoms with Gasteiger partial charge in [-0.25, -0.2) is 0 Å². The summed E-state index contributed by atoms with van der Waals surface area (Å²) in [5.74, 6) is 0.500. The van der Waals surface area contributed by atoms with Crippen LogP contribution in [0.3, 0.4) is 0 Å². The van der Waals surface area contributed by atoms with Gasteiger partial charge in [0.1, 0.15) is 0 Å². The molecular formula is C25H31N3O2. The van der Waals surface area contributed by atoms with Gasteiger partial charge in [-0.1, -0.05) is 60.7 Å². The summed E-state index contributed by atoms with van der Waals surface area (Å²) >= 11 is 0. The van der Waals surface area contributed by atoms with E-state index in [9.17, 15) is 9.59 Å². The number of nitrogens with one attached hydrogen (secondary N) is 1. The maximum atomic E-state index is 12.9. The topological polar surface area (TPSA) is 52.7 Å². The molecule has 2 fully saturated rings. The third kappa shape index (κ3) is 5.70. The molecule has 4 rings (SSSR count). The number of hydrogen-bond donors (Lipinski definition) is 1. The Hall–Kier alpha value is -2.66. The van der Waals surface area contributed by atoms with Gasteiger partial charge >= 0.3 is 0 Å². The Kier molecular flexibility index (Phi) is 6.80. The Labute approximate surface area is 179 Å². The lowest BCUT2D eigenvalue weighted by molar-refractivity contribution is -0.140. The summed E-state index contributed by atoms with van der Waals surface area (Å²) in [6, 6.07) is 20.7. The lowest BCUT2D eigenvalue weighted by Gasteiger charge is -2.36. The number of carbonyl (C=O) groups is 2. The molecule has 30 heavy (non-hydrogen) atoms. The number of carbonyl (C=O) groups excluding carboxylic acids is 2. The summed E-state index contributed by atoms with van der Waals surface area (Å²) in [5.41, 5.74) is 2.53. The van der Waals surface area contributed by atoms with Crippen molar-refractivity contribution in [1.82, 2.24) is 15.1 Å². The predicted molar refractivity (Wildman–Crippen MR) is 118 cm³/mol. The Morgan fingerprint density at radius 2 is 1.57 bits per heavy atom. The van der Waals surface area contributed by atoms with Gasteiger partial charge in [0.15, 0.2) is 0 Å². The Bertz CT molecular complexity index is 832. The van der Waals surface area contributed by atoms with Crippen LogP contribution in [0.4, 0.5) is 0 Å². The number of benzene rings is 2. The van der Waals surface area contributed by atoms with Crippen LogP contribution in [0.5, 0.6) is 0 Å². The zero-order valence-electron chi connectivity index (χ0n) is 17.5. The monoisotopic (exact) mass is 405 g/mol. The molecule has 0 saturated carbocycles. The molecule has 0 radical (unpaired) electrons. The van der Waals surface area contributed by atoms with Crippen molar-refractivity contribution in [3.05, 3.63) is 71.8 Å². The molecule has 0 unspecified atom stereocenters. The average molecular weight is 406 g/mol. The van der Waals surface area contributed by atoms with Crippen molar-refractivity contribution in [2.45, 2.75) is 38.3 Å². The minimum atomic E-state index is -0.0480. The van der Waals surface area contributed by atoms with E-state index in [2.05, 4.69) is 46.6 Å². The van der Waals surface area contributed by atoms with E-state index in [0.29, 0.717) is 18.9 Å². The van der Waals surface area contributed by atoms with E-state index in [1.54, 1.807) is 4.90 Å². The van der Waals surface area contributed by atoms with Crippen LogP contribution in [0, 0.1) is 5.92 Å². The van der Waals surface area contributed by atoms with Gasteiger partial charge in [0.2, 0.25) is 11.8 Å². The molecule has 2 heterocycles. The second-order valence-corrected chi connectivity index (χ2v) is 8.64. The highest BCUT2D eigenvalue weighted by Crippen LogP contribution is 2.23. The highest BCUT2D eigenvalue weighted by atomic mass is 16.2. The number of nitrogens with zero attached hydrogens (tertiary/aromatic N) is 2. The molecule has 2 aromatic rings. The van der Waals surface area contributed by atoms with Gasteiger partial charge in [-0.05, 0) is 49.4 Å². The lowest BCUT2D eigenvalue weighted by Crippen LogP contribution is -2.56. The summed E-state index contributed by atoms with van der Waals surface area (Å²) in [7, 11) is 0. The minimum absolute atomic E-state index is 0.00896. The molecule has 158 valence electrons. The Morgan fingerprint density at radius 1 is 0.933 bits per heavy atom. The summed E-state index contributed by atoms with van der Waals surface area (Å²) < 4.78 is 0. The highest BCUT2D eigenvalue weighted by molar-refractivity contribution is 5.86. The highest BCUT2D eigenvalue weighted by Gasteiger charge is 2.30. The van der Waals surface area contributed by atoms with Crippen molar-refractivity contribution < 1.29 is 9.59 Å². The van der Waals surface area contributed by atoms with E-state index in [0.717, 1.165) is 38.9 Å². The van der Waals surface area contributed by atoms with E-state index in [-0.39, 0.29) is 24.4 Å². The SMILES string of the molecule is O=C1CN(C(=O)CC2CCN(Cc3ccccc3)CC2)C[C@H](Cc2ccccc2)N1. The van der Waals surface area contributed by atoms with Crippen LogP contribution in [0.15, 0.2) is 60.7 Å². The van der Waals surface area contributed by atoms with Crippen molar-refractivity contribution in [1.29, 1.82) is 0 Å². The molecule has 2 aliphatic rings. The van der Waals surface area contributed by atoms with Gasteiger partial charge in [-0.2, -0.15) is 0 Å². The number of amides is 2. The third-order valence-corrected chi connectivity index (χ3v) is 6.24. The molecule has 1 N–H and O–H groups in total. The maximum Gasteiger partial charge on any atom is 0.239 e. The minimum Gasteiger partial charge on any atom is -0.350 e. The van der Waals surface area contributed by atoms with Crippen LogP contribution in [-0.4, -0.2) is 53.8 Å². The first-order chi connectivity index (χ1) is 14.7. The van der Waals surface area contributed by atoms with E-state index < -0.39 is 0 Å². The van der Waals surface area contributed by atoms with Gasteiger partial charge in [-0.3, -0.25) is 14.5 Å². The first-order valence-corrected chi connectivity index (χ1v) is 11.0. The van der Waals surface area contributed by atoms with Gasteiger partial charge in [0.25, 0.3) is 0 Å². The van der Waals surface area contributed by atoms with Crippen LogP contribution < -0.4 is 5.32 Å². The molecule has 2 amide bonds. The number of piperazine rings is 1. The second-order valence-electron chi connectivity index (χ2n) is 8.64. The molecule has 2 aromatic carbocycles. The quantitative estimate of drug-likeness (QED) is 0.804. The number of hydrogen-bond acceptors (Lipinski definition) is 3. The summed E-state index contributed by atoms with van der Waals surface area (Å²) in [5, 5.41) is 3.04. The standard InChI is InChI=1S/C25H31N3O2/c29-24-19-28(18-23(26-24)15-20-7-3-1-4-8-20)25(30)16-21-11-13-27(14-12-21)17-22-9-5-2-6-10-22/h1-10,21,23H,11-19H2,(H,26,29)/t23-/m0/s1. The summed E-state index contributed by atoms with van der Waals surface area (Å²) in [4.78, 5) is 29.3. The zero-order chi connectivity index (χ0) is 20.8.